The van der Waals surface area contributed by atoms with Crippen LogP contribution in [0.15, 0.2) is 52.7 Å². The Bertz CT molecular complexity index is 875. The predicted molar refractivity (Wildman–Crippen MR) is 113 cm³/mol. The van der Waals surface area contributed by atoms with E-state index >= 15 is 0 Å². The van der Waals surface area contributed by atoms with Gasteiger partial charge in [0.1, 0.15) is 17.1 Å². The molecule has 1 aliphatic rings. The number of aliphatic hydroxyl groups is 1. The zero-order valence-corrected chi connectivity index (χ0v) is 17.1. The highest BCUT2D eigenvalue weighted by molar-refractivity contribution is 5.83. The standard InChI is InChI=1S/C22H29N4O2/c1-5-26(12-13-27)19-8-6-18(7-9-19)23-24-22-16(2)14-17-15-20(28-4)10-11-21(17)25(22)3/h6-11,15-16,27H,5,12-14H2,1-4H3/q+1/t16-/m0/s1. The van der Waals surface area contributed by atoms with Gasteiger partial charge in [0.05, 0.1) is 31.8 Å². The van der Waals surface area contributed by atoms with Crippen LogP contribution in [0.25, 0.3) is 0 Å². The summed E-state index contributed by atoms with van der Waals surface area (Å²) in [5, 5.41) is 18.2. The maximum atomic E-state index is 9.17. The number of fused-ring (bicyclic) bond motifs is 1. The molecule has 2 aromatic carbocycles. The van der Waals surface area contributed by atoms with Crippen LogP contribution >= 0.6 is 0 Å². The zero-order chi connectivity index (χ0) is 20.1. The van der Waals surface area contributed by atoms with E-state index in [4.69, 9.17) is 4.74 Å². The Morgan fingerprint density at radius 3 is 2.57 bits per heavy atom. The Morgan fingerprint density at radius 1 is 1.18 bits per heavy atom. The average molecular weight is 382 g/mol. The van der Waals surface area contributed by atoms with Crippen molar-refractivity contribution in [2.24, 2.45) is 16.1 Å². The lowest BCUT2D eigenvalue weighted by Gasteiger charge is -2.21. The van der Waals surface area contributed by atoms with Gasteiger partial charge in [0.2, 0.25) is 0 Å². The number of likely N-dealkylation sites (N-methyl/N-ethyl adjacent to an activating group) is 1. The molecule has 6 heteroatoms. The highest BCUT2D eigenvalue weighted by Crippen LogP contribution is 2.31. The number of rotatable bonds is 6. The highest BCUT2D eigenvalue weighted by atomic mass is 16.5. The lowest BCUT2D eigenvalue weighted by atomic mass is 9.95. The van der Waals surface area contributed by atoms with Gasteiger partial charge >= 0.3 is 5.84 Å². The Kier molecular flexibility index (Phi) is 6.41. The normalized spacial score (nSPS) is 16.4. The molecular weight excluding hydrogens is 352 g/mol. The van der Waals surface area contributed by atoms with Crippen LogP contribution in [0.3, 0.4) is 0 Å². The van der Waals surface area contributed by atoms with E-state index in [1.54, 1.807) is 7.11 Å². The second-order valence-electron chi connectivity index (χ2n) is 7.04. The largest absolute Gasteiger partial charge is 0.497 e. The summed E-state index contributed by atoms with van der Waals surface area (Å²) in [5.41, 5.74) is 4.30. The third kappa shape index (κ3) is 4.22. The van der Waals surface area contributed by atoms with Crippen LogP contribution in [-0.2, 0) is 6.42 Å². The minimum absolute atomic E-state index is 0.144. The molecule has 0 fully saturated rings. The first-order valence-electron chi connectivity index (χ1n) is 9.72. The van der Waals surface area contributed by atoms with E-state index in [2.05, 4.69) is 45.7 Å². The van der Waals surface area contributed by atoms with Gasteiger partial charge in [-0.15, -0.1) is 0 Å². The highest BCUT2D eigenvalue weighted by Gasteiger charge is 2.30. The van der Waals surface area contributed by atoms with Crippen molar-refractivity contribution in [3.05, 3.63) is 48.0 Å². The summed E-state index contributed by atoms with van der Waals surface area (Å²) in [4.78, 5) is 2.12. The topological polar surface area (TPSA) is 60.4 Å². The quantitative estimate of drug-likeness (QED) is 0.604. The molecule has 0 amide bonds. The van der Waals surface area contributed by atoms with E-state index < -0.39 is 0 Å². The van der Waals surface area contributed by atoms with Gasteiger partial charge in [-0.25, -0.2) is 4.58 Å². The maximum Gasteiger partial charge on any atom is 0.329 e. The molecule has 3 rings (SSSR count). The summed E-state index contributed by atoms with van der Waals surface area (Å²) in [5.74, 6) is 2.11. The summed E-state index contributed by atoms with van der Waals surface area (Å²) in [6, 6.07) is 14.1. The van der Waals surface area contributed by atoms with Gasteiger partial charge in [0, 0.05) is 24.3 Å². The third-order valence-corrected chi connectivity index (χ3v) is 5.19. The van der Waals surface area contributed by atoms with Crippen LogP contribution in [0.5, 0.6) is 5.75 Å². The van der Waals surface area contributed by atoms with E-state index in [9.17, 15) is 5.11 Å². The van der Waals surface area contributed by atoms with Crippen LogP contribution in [0.4, 0.5) is 17.1 Å². The minimum Gasteiger partial charge on any atom is -0.497 e. The van der Waals surface area contributed by atoms with Gasteiger partial charge in [0.15, 0.2) is 0 Å². The van der Waals surface area contributed by atoms with Crippen LogP contribution < -0.4 is 9.64 Å². The van der Waals surface area contributed by atoms with Crippen molar-refractivity contribution in [1.82, 2.24) is 0 Å². The molecule has 0 unspecified atom stereocenters. The first-order valence-corrected chi connectivity index (χ1v) is 9.72. The van der Waals surface area contributed by atoms with Gasteiger partial charge in [-0.1, -0.05) is 6.92 Å². The predicted octanol–water partition coefficient (Wildman–Crippen LogP) is 4.16. The fraction of sp³-hybridized carbons (Fsp3) is 0.409. The molecule has 6 nitrogen and oxygen atoms in total. The molecule has 0 aromatic heterocycles. The number of hydrogen-bond donors (Lipinski definition) is 1. The number of amidine groups is 1. The summed E-state index contributed by atoms with van der Waals surface area (Å²) in [7, 11) is 3.73. The maximum absolute atomic E-state index is 9.17. The Morgan fingerprint density at radius 2 is 1.93 bits per heavy atom. The fourth-order valence-corrected chi connectivity index (χ4v) is 3.65. The van der Waals surface area contributed by atoms with Crippen molar-refractivity contribution >= 4 is 22.9 Å². The Hall–Kier alpha value is -2.73. The molecule has 0 spiro atoms. The second kappa shape index (κ2) is 8.97. The molecule has 2 aromatic rings. The van der Waals surface area contributed by atoms with E-state index in [0.717, 1.165) is 41.6 Å². The molecule has 148 valence electrons. The Balaban J connectivity index is 1.82. The van der Waals surface area contributed by atoms with E-state index in [-0.39, 0.29) is 12.5 Å². The molecule has 1 N–H and O–H groups in total. The first kappa shape index (κ1) is 20.0. The fourth-order valence-electron chi connectivity index (χ4n) is 3.65. The average Bonchev–Trinajstić information content (AvgIpc) is 2.72. The summed E-state index contributed by atoms with van der Waals surface area (Å²) >= 11 is 0. The van der Waals surface area contributed by atoms with Crippen LogP contribution in [0, 0.1) is 5.92 Å². The molecular formula is C22H29N4O2+. The van der Waals surface area contributed by atoms with E-state index in [1.165, 1.54) is 5.56 Å². The molecule has 1 aliphatic heterocycles. The van der Waals surface area contributed by atoms with Gasteiger partial charge in [-0.2, -0.15) is 0 Å². The number of ether oxygens (including phenoxy) is 1. The number of aliphatic hydroxyl groups excluding tert-OH is 1. The Labute approximate surface area is 166 Å². The number of methoxy groups -OCH3 is 1. The van der Waals surface area contributed by atoms with Crippen molar-refractivity contribution in [1.29, 1.82) is 0 Å². The van der Waals surface area contributed by atoms with Crippen molar-refractivity contribution in [3.63, 3.8) is 0 Å². The van der Waals surface area contributed by atoms with Crippen LogP contribution in [-0.4, -0.2) is 49.4 Å². The van der Waals surface area contributed by atoms with E-state index in [0.29, 0.717) is 6.54 Å². The molecule has 0 saturated heterocycles. The SMILES string of the molecule is CCN(CCO)c1ccc(N=NC2=[N+](C)c3ccc(OC)cc3C[C@@H]2C)cc1. The smallest absolute Gasteiger partial charge is 0.329 e. The number of hydrogen-bond acceptors (Lipinski definition) is 5. The van der Waals surface area contributed by atoms with Crippen molar-refractivity contribution < 1.29 is 14.4 Å². The molecule has 0 bridgehead atoms. The van der Waals surface area contributed by atoms with Gasteiger partial charge in [-0.3, -0.25) is 0 Å². The summed E-state index contributed by atoms with van der Waals surface area (Å²) in [6.45, 7) is 5.87. The summed E-state index contributed by atoms with van der Waals surface area (Å²) < 4.78 is 7.46. The molecule has 28 heavy (non-hydrogen) atoms. The minimum atomic E-state index is 0.144. The van der Waals surface area contributed by atoms with E-state index in [1.807, 2.05) is 37.4 Å². The zero-order valence-electron chi connectivity index (χ0n) is 17.1. The van der Waals surface area contributed by atoms with Gasteiger partial charge in [0.25, 0.3) is 0 Å². The number of benzene rings is 2. The van der Waals surface area contributed by atoms with Crippen molar-refractivity contribution in [2.45, 2.75) is 20.3 Å². The van der Waals surface area contributed by atoms with Crippen LogP contribution in [0.1, 0.15) is 19.4 Å². The van der Waals surface area contributed by atoms with Crippen molar-refractivity contribution in [3.8, 4) is 5.75 Å². The monoisotopic (exact) mass is 381 g/mol. The first-order chi connectivity index (χ1) is 13.6. The van der Waals surface area contributed by atoms with Gasteiger partial charge in [-0.05, 0) is 60.9 Å². The molecule has 0 radical (unpaired) electrons. The second-order valence-corrected chi connectivity index (χ2v) is 7.04. The number of azo groups is 1. The number of nitrogens with zero attached hydrogens (tertiary/aromatic N) is 4. The lowest BCUT2D eigenvalue weighted by molar-refractivity contribution is -0.412. The van der Waals surface area contributed by atoms with Crippen molar-refractivity contribution in [2.75, 3.05) is 38.8 Å². The third-order valence-electron chi connectivity index (χ3n) is 5.19. The molecule has 1 heterocycles. The molecule has 0 saturated carbocycles. The number of anilines is 1. The molecule has 1 atom stereocenters. The van der Waals surface area contributed by atoms with Gasteiger partial charge < -0.3 is 14.7 Å². The lowest BCUT2D eigenvalue weighted by Crippen LogP contribution is -2.26. The molecule has 0 aliphatic carbocycles. The van der Waals surface area contributed by atoms with Crippen LogP contribution in [0.2, 0.25) is 0 Å². The summed E-state index contributed by atoms with van der Waals surface area (Å²) in [6.07, 6.45) is 0.913.